The van der Waals surface area contributed by atoms with Gasteiger partial charge in [-0.2, -0.15) is 13.2 Å². The first kappa shape index (κ1) is 22.1. The van der Waals surface area contributed by atoms with Crippen molar-refractivity contribution >= 4 is 17.6 Å². The molecule has 9 heteroatoms. The molecule has 0 aromatic heterocycles. The van der Waals surface area contributed by atoms with Gasteiger partial charge in [0.25, 0.3) is 5.91 Å². The number of methoxy groups -OCH3 is 2. The van der Waals surface area contributed by atoms with E-state index in [1.807, 2.05) is 0 Å². The zero-order valence-electron chi connectivity index (χ0n) is 15.8. The summed E-state index contributed by atoms with van der Waals surface area (Å²) in [4.78, 5) is 23.6. The van der Waals surface area contributed by atoms with Gasteiger partial charge in [0.05, 0.1) is 19.8 Å². The predicted octanol–water partition coefficient (Wildman–Crippen LogP) is 3.84. The quantitative estimate of drug-likeness (QED) is 0.669. The summed E-state index contributed by atoms with van der Waals surface area (Å²) in [5, 5.41) is 2.26. The minimum Gasteiger partial charge on any atom is -0.493 e. The van der Waals surface area contributed by atoms with Crippen LogP contribution in [0.15, 0.2) is 42.5 Å². The number of amides is 1. The van der Waals surface area contributed by atoms with E-state index >= 15 is 0 Å². The van der Waals surface area contributed by atoms with E-state index in [1.165, 1.54) is 26.4 Å². The second-order valence-corrected chi connectivity index (χ2v) is 5.98. The number of nitrogens with one attached hydrogen (secondary N) is 1. The molecule has 156 valence electrons. The van der Waals surface area contributed by atoms with Crippen LogP contribution < -0.4 is 14.8 Å². The lowest BCUT2D eigenvalue weighted by Crippen LogP contribution is -2.21. The summed E-state index contributed by atoms with van der Waals surface area (Å²) in [6.45, 7) is -0.596. The Morgan fingerprint density at radius 2 is 1.72 bits per heavy atom. The van der Waals surface area contributed by atoms with Gasteiger partial charge in [0.2, 0.25) is 0 Å². The minimum absolute atomic E-state index is 0.0202. The van der Waals surface area contributed by atoms with Crippen LogP contribution >= 0.6 is 0 Å². The van der Waals surface area contributed by atoms with Crippen molar-refractivity contribution < 1.29 is 37.0 Å². The molecule has 1 N–H and O–H groups in total. The molecule has 0 spiro atoms. The number of hydrogen-bond acceptors (Lipinski definition) is 5. The predicted molar refractivity (Wildman–Crippen MR) is 98.9 cm³/mol. The number of anilines is 1. The Morgan fingerprint density at radius 1 is 1.00 bits per heavy atom. The average Bonchev–Trinajstić information content (AvgIpc) is 2.70. The van der Waals surface area contributed by atoms with Crippen LogP contribution in [0.25, 0.3) is 0 Å². The number of hydrogen-bond donors (Lipinski definition) is 1. The van der Waals surface area contributed by atoms with Crippen molar-refractivity contribution in [2.75, 3.05) is 26.1 Å². The van der Waals surface area contributed by atoms with Crippen molar-refractivity contribution in [1.29, 1.82) is 0 Å². The molecule has 6 nitrogen and oxygen atoms in total. The zero-order chi connectivity index (χ0) is 21.4. The molecule has 29 heavy (non-hydrogen) atoms. The molecule has 0 saturated carbocycles. The van der Waals surface area contributed by atoms with Crippen LogP contribution in [0.3, 0.4) is 0 Å². The summed E-state index contributed by atoms with van der Waals surface area (Å²) in [6.07, 6.45) is -4.14. The van der Waals surface area contributed by atoms with Gasteiger partial charge in [0, 0.05) is 12.1 Å². The van der Waals surface area contributed by atoms with E-state index in [4.69, 9.17) is 14.2 Å². The van der Waals surface area contributed by atoms with Crippen LogP contribution in [0.2, 0.25) is 0 Å². The standard InChI is InChI=1S/C20H20F3NO5/c1-27-16-8-6-13(10-17(16)28-2)7-9-19(26)29-12-18(25)24-15-5-3-4-14(11-15)20(21,22)23/h3-6,8,10-11H,7,9,12H2,1-2H3,(H,24,25). The van der Waals surface area contributed by atoms with Crippen LogP contribution in [0.4, 0.5) is 18.9 Å². The summed E-state index contributed by atoms with van der Waals surface area (Å²) in [7, 11) is 3.01. The number of benzene rings is 2. The number of rotatable bonds is 8. The number of carbonyl (C=O) groups excluding carboxylic acids is 2. The maximum Gasteiger partial charge on any atom is 0.416 e. The third-order valence-corrected chi connectivity index (χ3v) is 3.90. The van der Waals surface area contributed by atoms with Crippen LogP contribution in [-0.2, 0) is 26.9 Å². The molecule has 2 rings (SSSR count). The number of alkyl halides is 3. The second kappa shape index (κ2) is 9.81. The van der Waals surface area contributed by atoms with Crippen molar-refractivity contribution in [3.05, 3.63) is 53.6 Å². The van der Waals surface area contributed by atoms with Crippen molar-refractivity contribution in [3.63, 3.8) is 0 Å². The van der Waals surface area contributed by atoms with Crippen LogP contribution in [0, 0.1) is 0 Å². The Hall–Kier alpha value is -3.23. The normalized spacial score (nSPS) is 10.9. The minimum atomic E-state index is -4.52. The number of ether oxygens (including phenoxy) is 3. The fourth-order valence-corrected chi connectivity index (χ4v) is 2.47. The zero-order valence-corrected chi connectivity index (χ0v) is 15.8. The molecule has 0 bridgehead atoms. The highest BCUT2D eigenvalue weighted by Gasteiger charge is 2.30. The second-order valence-electron chi connectivity index (χ2n) is 5.98. The molecule has 0 aliphatic carbocycles. The van der Waals surface area contributed by atoms with Crippen LogP contribution in [0.1, 0.15) is 17.5 Å². The number of carbonyl (C=O) groups is 2. The molecule has 0 radical (unpaired) electrons. The summed E-state index contributed by atoms with van der Waals surface area (Å²) in [5.41, 5.74) is -0.110. The highest BCUT2D eigenvalue weighted by atomic mass is 19.4. The number of esters is 1. The SMILES string of the molecule is COc1ccc(CCC(=O)OCC(=O)Nc2cccc(C(F)(F)F)c2)cc1OC. The Bertz CT molecular complexity index is 867. The van der Waals surface area contributed by atoms with E-state index < -0.39 is 30.2 Å². The topological polar surface area (TPSA) is 73.9 Å². The molecule has 0 heterocycles. The first-order valence-electron chi connectivity index (χ1n) is 8.56. The Balaban J connectivity index is 1.81. The average molecular weight is 411 g/mol. The molecule has 0 aliphatic heterocycles. The molecule has 0 fully saturated rings. The van der Waals surface area contributed by atoms with Gasteiger partial charge in [0.15, 0.2) is 18.1 Å². The van der Waals surface area contributed by atoms with Gasteiger partial charge in [0.1, 0.15) is 0 Å². The molecule has 0 atom stereocenters. The summed E-state index contributed by atoms with van der Waals surface area (Å²) in [5.74, 6) is -0.258. The lowest BCUT2D eigenvalue weighted by atomic mass is 10.1. The van der Waals surface area contributed by atoms with Crippen molar-refractivity contribution in [2.24, 2.45) is 0 Å². The monoisotopic (exact) mass is 411 g/mol. The first-order chi connectivity index (χ1) is 13.7. The molecule has 0 unspecified atom stereocenters. The maximum atomic E-state index is 12.7. The van der Waals surface area contributed by atoms with Gasteiger partial charge in [-0.3, -0.25) is 9.59 Å². The van der Waals surface area contributed by atoms with Crippen molar-refractivity contribution in [2.45, 2.75) is 19.0 Å². The lowest BCUT2D eigenvalue weighted by Gasteiger charge is -2.11. The van der Waals surface area contributed by atoms with E-state index in [2.05, 4.69) is 5.32 Å². The van der Waals surface area contributed by atoms with Crippen LogP contribution in [0.5, 0.6) is 11.5 Å². The Kier molecular flexibility index (Phi) is 7.46. The number of aryl methyl sites for hydroxylation is 1. The molecule has 0 saturated heterocycles. The summed E-state index contributed by atoms with van der Waals surface area (Å²) in [6, 6.07) is 9.39. The largest absolute Gasteiger partial charge is 0.493 e. The van der Waals surface area contributed by atoms with Gasteiger partial charge >= 0.3 is 12.1 Å². The van der Waals surface area contributed by atoms with E-state index in [9.17, 15) is 22.8 Å². The van der Waals surface area contributed by atoms with E-state index in [0.29, 0.717) is 17.9 Å². The molecular formula is C20H20F3NO5. The van der Waals surface area contributed by atoms with Gasteiger partial charge in [-0.1, -0.05) is 12.1 Å². The van der Waals surface area contributed by atoms with E-state index in [1.54, 1.807) is 18.2 Å². The Labute approximate surface area is 165 Å². The smallest absolute Gasteiger partial charge is 0.416 e. The maximum absolute atomic E-state index is 12.7. The van der Waals surface area contributed by atoms with Crippen LogP contribution in [-0.4, -0.2) is 32.7 Å². The highest BCUT2D eigenvalue weighted by Crippen LogP contribution is 2.30. The molecule has 0 aliphatic rings. The van der Waals surface area contributed by atoms with Gasteiger partial charge in [-0.05, 0) is 42.3 Å². The fraction of sp³-hybridized carbons (Fsp3) is 0.300. The highest BCUT2D eigenvalue weighted by molar-refractivity contribution is 5.92. The third kappa shape index (κ3) is 6.70. The molecule has 2 aromatic carbocycles. The lowest BCUT2D eigenvalue weighted by molar-refractivity contribution is -0.147. The van der Waals surface area contributed by atoms with Gasteiger partial charge < -0.3 is 19.5 Å². The van der Waals surface area contributed by atoms with E-state index in [0.717, 1.165) is 17.7 Å². The Morgan fingerprint density at radius 3 is 2.38 bits per heavy atom. The fourth-order valence-electron chi connectivity index (χ4n) is 2.47. The van der Waals surface area contributed by atoms with Crippen molar-refractivity contribution in [3.8, 4) is 11.5 Å². The van der Waals surface area contributed by atoms with Gasteiger partial charge in [-0.15, -0.1) is 0 Å². The van der Waals surface area contributed by atoms with Crippen molar-refractivity contribution in [1.82, 2.24) is 0 Å². The third-order valence-electron chi connectivity index (χ3n) is 3.90. The van der Waals surface area contributed by atoms with Gasteiger partial charge in [-0.25, -0.2) is 0 Å². The summed E-state index contributed by atoms with van der Waals surface area (Å²) < 4.78 is 53.2. The number of halogens is 3. The van der Waals surface area contributed by atoms with E-state index in [-0.39, 0.29) is 12.1 Å². The molecule has 2 aromatic rings. The molecular weight excluding hydrogens is 391 g/mol. The first-order valence-corrected chi connectivity index (χ1v) is 8.56. The molecule has 1 amide bonds. The summed E-state index contributed by atoms with van der Waals surface area (Å²) >= 11 is 0.